The molecule has 36 heavy (non-hydrogen) atoms. The van der Waals surface area contributed by atoms with Crippen molar-refractivity contribution in [3.63, 3.8) is 0 Å². The number of nitrogens with zero attached hydrogens (tertiary/aromatic N) is 2. The number of methoxy groups -OCH3 is 1. The average molecular weight is 520 g/mol. The summed E-state index contributed by atoms with van der Waals surface area (Å²) < 4.78 is 25.3. The molecule has 2 aromatic heterocycles. The van der Waals surface area contributed by atoms with Crippen LogP contribution in [0.1, 0.15) is 52.4 Å². The van der Waals surface area contributed by atoms with Crippen molar-refractivity contribution in [3.05, 3.63) is 35.5 Å². The number of hydrogen-bond donors (Lipinski definition) is 3. The minimum Gasteiger partial charge on any atom is -0.383 e. The third-order valence-corrected chi connectivity index (χ3v) is 7.73. The van der Waals surface area contributed by atoms with Gasteiger partial charge in [-0.1, -0.05) is 18.5 Å². The van der Waals surface area contributed by atoms with Gasteiger partial charge in [0.15, 0.2) is 0 Å². The molecule has 0 spiro atoms. The first-order valence-electron chi connectivity index (χ1n) is 13.0. The summed E-state index contributed by atoms with van der Waals surface area (Å²) in [5.41, 5.74) is 2.00. The van der Waals surface area contributed by atoms with Gasteiger partial charge in [-0.15, -0.1) is 0 Å². The maximum absolute atomic E-state index is 14.5. The summed E-state index contributed by atoms with van der Waals surface area (Å²) >= 11 is 6.52. The van der Waals surface area contributed by atoms with Gasteiger partial charge < -0.3 is 25.4 Å². The second kappa shape index (κ2) is 12.5. The molecule has 3 heterocycles. The summed E-state index contributed by atoms with van der Waals surface area (Å²) in [5.74, 6) is 0.259. The van der Waals surface area contributed by atoms with Gasteiger partial charge in [-0.05, 0) is 63.0 Å². The second-order valence-corrected chi connectivity index (χ2v) is 11.0. The van der Waals surface area contributed by atoms with Gasteiger partial charge in [-0.2, -0.15) is 4.39 Å². The Bertz CT molecular complexity index is 996. The fourth-order valence-corrected chi connectivity index (χ4v) is 5.33. The predicted molar refractivity (Wildman–Crippen MR) is 143 cm³/mol. The van der Waals surface area contributed by atoms with Crippen molar-refractivity contribution in [2.45, 2.75) is 70.5 Å². The summed E-state index contributed by atoms with van der Waals surface area (Å²) in [4.78, 5) is 8.50. The van der Waals surface area contributed by atoms with Crippen LogP contribution in [0.25, 0.3) is 11.1 Å². The zero-order valence-corrected chi connectivity index (χ0v) is 22.3. The topological polar surface area (TPSA) is 80.3 Å². The molecule has 2 aromatic rings. The molecular formula is C27H39ClFN5O2. The summed E-state index contributed by atoms with van der Waals surface area (Å²) in [5, 5.41) is 11.0. The SMILES string of the molecule is COC[C@H](C)NC1CCC(Nc2cc(-c3cnc(F)c(NCC4(C)CCOCC4)c3)c(Cl)cn2)CC1. The Labute approximate surface area is 218 Å². The van der Waals surface area contributed by atoms with Crippen LogP contribution < -0.4 is 16.0 Å². The number of pyridine rings is 2. The summed E-state index contributed by atoms with van der Waals surface area (Å²) in [6.45, 7) is 7.23. The molecule has 1 saturated heterocycles. The van der Waals surface area contributed by atoms with E-state index in [1.54, 1.807) is 19.4 Å². The lowest BCUT2D eigenvalue weighted by atomic mass is 9.82. The van der Waals surface area contributed by atoms with E-state index in [0.717, 1.165) is 75.3 Å². The number of halogens is 2. The van der Waals surface area contributed by atoms with Crippen LogP contribution in [0.3, 0.4) is 0 Å². The normalized spacial score (nSPS) is 22.7. The quantitative estimate of drug-likeness (QED) is 0.357. The fraction of sp³-hybridized carbons (Fsp3) is 0.630. The molecule has 0 unspecified atom stereocenters. The van der Waals surface area contributed by atoms with Crippen LogP contribution >= 0.6 is 11.6 Å². The summed E-state index contributed by atoms with van der Waals surface area (Å²) in [6.07, 6.45) is 9.41. The van der Waals surface area contributed by atoms with E-state index < -0.39 is 5.95 Å². The van der Waals surface area contributed by atoms with Gasteiger partial charge in [0, 0.05) is 68.5 Å². The highest BCUT2D eigenvalue weighted by Gasteiger charge is 2.27. The van der Waals surface area contributed by atoms with Gasteiger partial charge in [0.25, 0.3) is 0 Å². The highest BCUT2D eigenvalue weighted by atomic mass is 35.5. The van der Waals surface area contributed by atoms with Crippen molar-refractivity contribution in [2.24, 2.45) is 5.41 Å². The predicted octanol–water partition coefficient (Wildman–Crippen LogP) is 5.51. The maximum Gasteiger partial charge on any atom is 0.236 e. The second-order valence-electron chi connectivity index (χ2n) is 10.6. The molecule has 4 rings (SSSR count). The number of ether oxygens (including phenoxy) is 2. The van der Waals surface area contributed by atoms with E-state index in [4.69, 9.17) is 21.1 Å². The van der Waals surface area contributed by atoms with Crippen LogP contribution in [0.4, 0.5) is 15.9 Å². The van der Waals surface area contributed by atoms with E-state index in [-0.39, 0.29) is 5.41 Å². The van der Waals surface area contributed by atoms with Crippen molar-refractivity contribution in [2.75, 3.05) is 44.1 Å². The zero-order valence-electron chi connectivity index (χ0n) is 21.6. The molecule has 0 bridgehead atoms. The molecule has 0 aromatic carbocycles. The Hall–Kier alpha value is -2.00. The molecule has 2 fully saturated rings. The van der Waals surface area contributed by atoms with Gasteiger partial charge in [0.2, 0.25) is 5.95 Å². The van der Waals surface area contributed by atoms with Crippen LogP contribution in [0.5, 0.6) is 0 Å². The number of rotatable bonds is 10. The molecule has 1 aliphatic carbocycles. The van der Waals surface area contributed by atoms with Gasteiger partial charge in [-0.25, -0.2) is 9.97 Å². The molecule has 0 amide bonds. The van der Waals surface area contributed by atoms with Crippen molar-refractivity contribution in [3.8, 4) is 11.1 Å². The van der Waals surface area contributed by atoms with E-state index in [0.29, 0.717) is 35.4 Å². The molecule has 9 heteroatoms. The van der Waals surface area contributed by atoms with Crippen LogP contribution in [-0.2, 0) is 9.47 Å². The molecule has 1 atom stereocenters. The zero-order chi connectivity index (χ0) is 25.5. The van der Waals surface area contributed by atoms with E-state index in [2.05, 4.69) is 39.8 Å². The number of nitrogens with one attached hydrogen (secondary N) is 3. The van der Waals surface area contributed by atoms with Crippen molar-refractivity contribution >= 4 is 23.1 Å². The Morgan fingerprint density at radius 2 is 1.86 bits per heavy atom. The largest absolute Gasteiger partial charge is 0.383 e. The summed E-state index contributed by atoms with van der Waals surface area (Å²) in [6, 6.07) is 4.95. The number of anilines is 2. The third-order valence-electron chi connectivity index (χ3n) is 7.43. The lowest BCUT2D eigenvalue weighted by molar-refractivity contribution is 0.0300. The molecule has 7 nitrogen and oxygen atoms in total. The average Bonchev–Trinajstić information content (AvgIpc) is 2.87. The number of aromatic nitrogens is 2. The Morgan fingerprint density at radius 1 is 1.14 bits per heavy atom. The van der Waals surface area contributed by atoms with E-state index in [9.17, 15) is 4.39 Å². The molecule has 198 valence electrons. The number of hydrogen-bond acceptors (Lipinski definition) is 7. The van der Waals surface area contributed by atoms with Gasteiger partial charge in [0.05, 0.1) is 17.3 Å². The molecule has 1 saturated carbocycles. The fourth-order valence-electron chi connectivity index (χ4n) is 5.12. The lowest BCUT2D eigenvalue weighted by Crippen LogP contribution is -2.42. The van der Waals surface area contributed by atoms with Crippen molar-refractivity contribution < 1.29 is 13.9 Å². The smallest absolute Gasteiger partial charge is 0.236 e. The minimum absolute atomic E-state index is 0.0719. The van der Waals surface area contributed by atoms with Crippen LogP contribution in [0.15, 0.2) is 24.5 Å². The molecule has 3 N–H and O–H groups in total. The van der Waals surface area contributed by atoms with E-state index >= 15 is 0 Å². The maximum atomic E-state index is 14.5. The van der Waals surface area contributed by atoms with Crippen LogP contribution in [0.2, 0.25) is 5.02 Å². The van der Waals surface area contributed by atoms with Crippen molar-refractivity contribution in [1.82, 2.24) is 15.3 Å². The minimum atomic E-state index is -0.511. The van der Waals surface area contributed by atoms with Gasteiger partial charge in [-0.3, -0.25) is 0 Å². The first-order chi connectivity index (χ1) is 17.3. The van der Waals surface area contributed by atoms with Crippen LogP contribution in [0, 0.1) is 11.4 Å². The monoisotopic (exact) mass is 519 g/mol. The highest BCUT2D eigenvalue weighted by Crippen LogP contribution is 2.34. The van der Waals surface area contributed by atoms with Crippen LogP contribution in [-0.4, -0.2) is 61.6 Å². The first-order valence-corrected chi connectivity index (χ1v) is 13.4. The standard InChI is InChI=1S/C27H39ClFN5O2/c1-18(16-35-3)33-20-4-6-21(7-5-20)34-25-13-22(23(28)15-30-25)19-12-24(26(29)31-14-19)32-17-27(2)8-10-36-11-9-27/h12-15,18,20-21,32-33H,4-11,16-17H2,1-3H3,(H,30,34)/t18-,20?,21?/m0/s1. The van der Waals surface area contributed by atoms with E-state index in [1.807, 2.05) is 6.07 Å². The third kappa shape index (κ3) is 7.28. The molecule has 0 radical (unpaired) electrons. The van der Waals surface area contributed by atoms with Gasteiger partial charge in [0.1, 0.15) is 5.82 Å². The Kier molecular flexibility index (Phi) is 9.39. The van der Waals surface area contributed by atoms with Crippen molar-refractivity contribution in [1.29, 1.82) is 0 Å². The highest BCUT2D eigenvalue weighted by molar-refractivity contribution is 6.33. The Balaban J connectivity index is 1.39. The Morgan fingerprint density at radius 3 is 2.58 bits per heavy atom. The lowest BCUT2D eigenvalue weighted by Gasteiger charge is -2.33. The van der Waals surface area contributed by atoms with E-state index in [1.165, 1.54) is 6.20 Å². The molecular weight excluding hydrogens is 481 g/mol. The summed E-state index contributed by atoms with van der Waals surface area (Å²) in [7, 11) is 1.74. The molecule has 1 aliphatic heterocycles. The van der Waals surface area contributed by atoms with Gasteiger partial charge >= 0.3 is 0 Å². The molecule has 2 aliphatic rings. The first kappa shape index (κ1) is 27.0.